The molecule has 140 valence electrons. The van der Waals surface area contributed by atoms with E-state index in [9.17, 15) is 19.5 Å². The molecule has 0 radical (unpaired) electrons. The summed E-state index contributed by atoms with van der Waals surface area (Å²) in [7, 11) is 0. The van der Waals surface area contributed by atoms with Crippen LogP contribution in [0.2, 0.25) is 0 Å². The number of carbonyl (C=O) groups excluding carboxylic acids is 2. The number of rotatable bonds is 4. The number of hydrogen-bond donors (Lipinski definition) is 2. The minimum absolute atomic E-state index is 0.385. The lowest BCUT2D eigenvalue weighted by atomic mass is 9.86. The number of carboxylic acids is 1. The number of aliphatic hydroxyl groups is 1. The van der Waals surface area contributed by atoms with Gasteiger partial charge in [-0.15, -0.1) is 0 Å². The first-order valence-electron chi connectivity index (χ1n) is 7.61. The zero-order valence-electron chi connectivity index (χ0n) is 15.7. The molecule has 2 amide bonds. The van der Waals surface area contributed by atoms with Crippen LogP contribution in [0.1, 0.15) is 55.4 Å². The topological polar surface area (TPSA) is 113 Å². The highest BCUT2D eigenvalue weighted by Gasteiger charge is 2.41. The van der Waals surface area contributed by atoms with Crippen molar-refractivity contribution in [1.82, 2.24) is 4.90 Å². The Bertz CT molecular complexity index is 458. The SMILES string of the molecule is CC(C)(C)OC(=O)N(CC(C)(C)C(O)C(=O)O)C(=O)OC(C)(C)C. The average Bonchev–Trinajstić information content (AvgIpc) is 2.30. The molecule has 0 aromatic rings. The van der Waals surface area contributed by atoms with Crippen LogP contribution in [0, 0.1) is 5.41 Å². The number of aliphatic carboxylic acids is 1. The smallest absolute Gasteiger partial charge is 0.419 e. The highest BCUT2D eigenvalue weighted by Crippen LogP contribution is 2.25. The summed E-state index contributed by atoms with van der Waals surface area (Å²) in [6.45, 7) is 12.3. The summed E-state index contributed by atoms with van der Waals surface area (Å²) in [5, 5.41) is 18.8. The predicted molar refractivity (Wildman–Crippen MR) is 86.6 cm³/mol. The molecule has 1 unspecified atom stereocenters. The summed E-state index contributed by atoms with van der Waals surface area (Å²) in [6, 6.07) is 0. The van der Waals surface area contributed by atoms with Crippen molar-refractivity contribution in [2.75, 3.05) is 6.54 Å². The second-order valence-corrected chi connectivity index (χ2v) is 8.28. The van der Waals surface area contributed by atoms with Gasteiger partial charge in [-0.2, -0.15) is 0 Å². The number of carbonyl (C=O) groups is 3. The van der Waals surface area contributed by atoms with Crippen LogP contribution in [0.5, 0.6) is 0 Å². The van der Waals surface area contributed by atoms with Gasteiger partial charge in [-0.1, -0.05) is 13.8 Å². The quantitative estimate of drug-likeness (QED) is 0.803. The highest BCUT2D eigenvalue weighted by atomic mass is 16.6. The standard InChI is InChI=1S/C16H29NO7/c1-14(2,3)23-12(21)17(13(22)24-15(4,5)6)9-16(7,8)10(18)11(19)20/h10,18H,9H2,1-8H3,(H,19,20). The number of nitrogens with zero attached hydrogens (tertiary/aromatic N) is 1. The van der Waals surface area contributed by atoms with E-state index in [0.717, 1.165) is 0 Å². The Hall–Kier alpha value is -1.83. The number of imide groups is 1. The van der Waals surface area contributed by atoms with Gasteiger partial charge in [0.05, 0.1) is 0 Å². The first kappa shape index (κ1) is 22.2. The molecule has 8 nitrogen and oxygen atoms in total. The van der Waals surface area contributed by atoms with Crippen molar-refractivity contribution in [2.24, 2.45) is 5.41 Å². The van der Waals surface area contributed by atoms with Crippen LogP contribution in [0.25, 0.3) is 0 Å². The zero-order valence-corrected chi connectivity index (χ0v) is 15.7. The molecule has 0 spiro atoms. The molecule has 0 saturated carbocycles. The summed E-state index contributed by atoms with van der Waals surface area (Å²) in [5.41, 5.74) is -3.01. The van der Waals surface area contributed by atoms with Crippen molar-refractivity contribution < 1.29 is 34.1 Å². The number of ether oxygens (including phenoxy) is 2. The molecule has 0 aliphatic rings. The van der Waals surface area contributed by atoms with Crippen LogP contribution in [0.15, 0.2) is 0 Å². The fourth-order valence-corrected chi connectivity index (χ4v) is 1.67. The lowest BCUT2D eigenvalue weighted by Crippen LogP contribution is -2.51. The fraction of sp³-hybridized carbons (Fsp3) is 0.812. The van der Waals surface area contributed by atoms with Gasteiger partial charge in [-0.05, 0) is 41.5 Å². The maximum atomic E-state index is 12.3. The second kappa shape index (κ2) is 7.38. The Morgan fingerprint density at radius 2 is 1.21 bits per heavy atom. The first-order valence-corrected chi connectivity index (χ1v) is 7.61. The van der Waals surface area contributed by atoms with Gasteiger partial charge in [0.2, 0.25) is 0 Å². The number of hydrogen-bond acceptors (Lipinski definition) is 6. The Balaban J connectivity index is 5.51. The van der Waals surface area contributed by atoms with Crippen molar-refractivity contribution >= 4 is 18.2 Å². The third-order valence-electron chi connectivity index (χ3n) is 2.77. The monoisotopic (exact) mass is 347 g/mol. The molecule has 0 heterocycles. The van der Waals surface area contributed by atoms with Crippen LogP contribution in [-0.4, -0.2) is 57.1 Å². The van der Waals surface area contributed by atoms with Crippen LogP contribution in [-0.2, 0) is 14.3 Å². The molecular formula is C16H29NO7. The van der Waals surface area contributed by atoms with Crippen LogP contribution >= 0.6 is 0 Å². The number of amides is 2. The minimum atomic E-state index is -1.77. The third kappa shape index (κ3) is 7.63. The summed E-state index contributed by atoms with van der Waals surface area (Å²) in [5.74, 6) is -1.45. The molecule has 0 bridgehead atoms. The number of aliphatic hydroxyl groups excluding tert-OH is 1. The predicted octanol–water partition coefficient (Wildman–Crippen LogP) is 2.63. The maximum Gasteiger partial charge on any atom is 0.419 e. The normalized spacial score (nSPS) is 13.9. The number of carboxylic acid groups (broad SMARTS) is 1. The molecule has 0 rings (SSSR count). The molecule has 0 saturated heterocycles. The maximum absolute atomic E-state index is 12.3. The van der Waals surface area contributed by atoms with E-state index in [2.05, 4.69) is 0 Å². The Kier molecular flexibility index (Phi) is 6.81. The molecule has 8 heteroatoms. The van der Waals surface area contributed by atoms with Crippen molar-refractivity contribution in [1.29, 1.82) is 0 Å². The zero-order chi connectivity index (χ0) is 19.5. The van der Waals surface area contributed by atoms with Crippen molar-refractivity contribution in [3.63, 3.8) is 0 Å². The molecule has 2 N–H and O–H groups in total. The van der Waals surface area contributed by atoms with Gasteiger partial charge >= 0.3 is 18.2 Å². The summed E-state index contributed by atoms with van der Waals surface area (Å²) in [4.78, 5) is 36.4. The Morgan fingerprint density at radius 3 is 1.46 bits per heavy atom. The molecule has 0 aromatic heterocycles. The van der Waals surface area contributed by atoms with Crippen molar-refractivity contribution in [2.45, 2.75) is 72.7 Å². The van der Waals surface area contributed by atoms with Gasteiger partial charge in [-0.3, -0.25) is 0 Å². The van der Waals surface area contributed by atoms with Gasteiger partial charge in [-0.25, -0.2) is 19.3 Å². The first-order chi connectivity index (χ1) is 10.5. The fourth-order valence-electron chi connectivity index (χ4n) is 1.67. The van der Waals surface area contributed by atoms with Crippen LogP contribution < -0.4 is 0 Å². The molecule has 0 aromatic carbocycles. The summed E-state index contributed by atoms with van der Waals surface area (Å²) in [6.07, 6.45) is -3.71. The van der Waals surface area contributed by atoms with Crippen LogP contribution in [0.3, 0.4) is 0 Å². The van der Waals surface area contributed by atoms with Gasteiger partial charge in [0.25, 0.3) is 0 Å². The van der Waals surface area contributed by atoms with Gasteiger partial charge in [0.1, 0.15) is 11.2 Å². The summed E-state index contributed by atoms with van der Waals surface area (Å²) < 4.78 is 10.4. The van der Waals surface area contributed by atoms with Gasteiger partial charge in [0.15, 0.2) is 6.10 Å². The van der Waals surface area contributed by atoms with E-state index < -0.39 is 40.9 Å². The van der Waals surface area contributed by atoms with E-state index in [4.69, 9.17) is 14.6 Å². The molecule has 0 fully saturated rings. The van der Waals surface area contributed by atoms with E-state index in [1.165, 1.54) is 13.8 Å². The molecular weight excluding hydrogens is 318 g/mol. The average molecular weight is 347 g/mol. The van der Waals surface area contributed by atoms with Gasteiger partial charge < -0.3 is 19.7 Å². The van der Waals surface area contributed by atoms with E-state index in [0.29, 0.717) is 4.90 Å². The lowest BCUT2D eigenvalue weighted by Gasteiger charge is -2.35. The third-order valence-corrected chi connectivity index (χ3v) is 2.77. The minimum Gasteiger partial charge on any atom is -0.479 e. The van der Waals surface area contributed by atoms with E-state index in [1.54, 1.807) is 41.5 Å². The molecule has 24 heavy (non-hydrogen) atoms. The van der Waals surface area contributed by atoms with E-state index in [-0.39, 0.29) is 6.54 Å². The molecule has 1 atom stereocenters. The van der Waals surface area contributed by atoms with Crippen LogP contribution in [0.4, 0.5) is 9.59 Å². The summed E-state index contributed by atoms with van der Waals surface area (Å²) >= 11 is 0. The lowest BCUT2D eigenvalue weighted by molar-refractivity contribution is -0.153. The molecule has 0 aliphatic heterocycles. The second-order valence-electron chi connectivity index (χ2n) is 8.28. The van der Waals surface area contributed by atoms with E-state index in [1.807, 2.05) is 0 Å². The largest absolute Gasteiger partial charge is 0.479 e. The van der Waals surface area contributed by atoms with Crippen molar-refractivity contribution in [3.05, 3.63) is 0 Å². The van der Waals surface area contributed by atoms with Gasteiger partial charge in [0, 0.05) is 12.0 Å². The van der Waals surface area contributed by atoms with Crippen molar-refractivity contribution in [3.8, 4) is 0 Å². The Morgan fingerprint density at radius 1 is 0.875 bits per heavy atom. The highest BCUT2D eigenvalue weighted by molar-refractivity contribution is 5.88. The van der Waals surface area contributed by atoms with E-state index >= 15 is 0 Å². The Labute approximate surface area is 142 Å². The molecule has 0 aliphatic carbocycles.